The number of ether oxygens (including phenoxy) is 1. The Labute approximate surface area is 173 Å². The molecule has 30 heavy (non-hydrogen) atoms. The number of hydrogen-bond donors (Lipinski definition) is 1. The maximum Gasteiger partial charge on any atom is 0.262 e. The largest absolute Gasteiger partial charge is 0.382 e. The van der Waals surface area contributed by atoms with Gasteiger partial charge in [-0.05, 0) is 37.6 Å². The van der Waals surface area contributed by atoms with Gasteiger partial charge in [0.15, 0.2) is 0 Å². The molecule has 8 heteroatoms. The Hall–Kier alpha value is -3.65. The van der Waals surface area contributed by atoms with Crippen LogP contribution in [0.25, 0.3) is 21.9 Å². The Kier molecular flexibility index (Phi) is 6.05. The predicted molar refractivity (Wildman–Crippen MR) is 118 cm³/mol. The molecule has 0 saturated heterocycles. The van der Waals surface area contributed by atoms with E-state index in [1.807, 2.05) is 49.4 Å². The van der Waals surface area contributed by atoms with Crippen LogP contribution in [0.15, 0.2) is 64.6 Å². The van der Waals surface area contributed by atoms with Crippen LogP contribution in [0.5, 0.6) is 0 Å². The second kappa shape index (κ2) is 9.23. The van der Waals surface area contributed by atoms with Crippen molar-refractivity contribution >= 4 is 34.1 Å². The van der Waals surface area contributed by atoms with Crippen molar-refractivity contribution in [1.82, 2.24) is 19.5 Å². The molecule has 0 spiro atoms. The minimum atomic E-state index is -0.111. The van der Waals surface area contributed by atoms with Gasteiger partial charge in [-0.1, -0.05) is 24.3 Å². The lowest BCUT2D eigenvalue weighted by Crippen LogP contribution is -2.25. The predicted octanol–water partition coefficient (Wildman–Crippen LogP) is 3.21. The van der Waals surface area contributed by atoms with Crippen LogP contribution in [0.1, 0.15) is 19.0 Å². The second-order valence-corrected chi connectivity index (χ2v) is 6.61. The zero-order chi connectivity index (χ0) is 20.8. The zero-order valence-corrected chi connectivity index (χ0v) is 16.7. The molecular formula is C22H22N6O2. The summed E-state index contributed by atoms with van der Waals surface area (Å²) >= 11 is 0. The molecule has 2 aromatic heterocycles. The van der Waals surface area contributed by atoms with Crippen molar-refractivity contribution in [3.05, 3.63) is 70.8 Å². The highest BCUT2D eigenvalue weighted by molar-refractivity contribution is 5.82. The number of hydrazone groups is 1. The topological polar surface area (TPSA) is 94.3 Å². The first-order chi connectivity index (χ1) is 14.8. The summed E-state index contributed by atoms with van der Waals surface area (Å²) in [7, 11) is 0. The van der Waals surface area contributed by atoms with Gasteiger partial charge < -0.3 is 4.74 Å². The number of fused-ring (bicyclic) bond motifs is 2. The summed E-state index contributed by atoms with van der Waals surface area (Å²) in [6.45, 7) is 3.64. The number of nitrogens with zero attached hydrogens (tertiary/aromatic N) is 5. The maximum absolute atomic E-state index is 13.0. The second-order valence-electron chi connectivity index (χ2n) is 6.61. The summed E-state index contributed by atoms with van der Waals surface area (Å²) in [6, 6.07) is 14.9. The average Bonchev–Trinajstić information content (AvgIpc) is 2.78. The first-order valence-corrected chi connectivity index (χ1v) is 9.84. The fourth-order valence-corrected chi connectivity index (χ4v) is 3.12. The van der Waals surface area contributed by atoms with E-state index in [4.69, 9.17) is 4.74 Å². The Balaban J connectivity index is 1.61. The number of rotatable bonds is 8. The molecule has 0 unspecified atom stereocenters. The van der Waals surface area contributed by atoms with Gasteiger partial charge in [0, 0.05) is 19.8 Å². The fourth-order valence-electron chi connectivity index (χ4n) is 3.12. The van der Waals surface area contributed by atoms with Crippen LogP contribution in [-0.2, 0) is 11.3 Å². The molecule has 152 valence electrons. The van der Waals surface area contributed by atoms with E-state index < -0.39 is 0 Å². The normalized spacial score (nSPS) is 11.5. The molecule has 1 N–H and O–H groups in total. The van der Waals surface area contributed by atoms with Crippen molar-refractivity contribution < 1.29 is 4.74 Å². The Bertz CT molecular complexity index is 1250. The molecule has 4 rings (SSSR count). The van der Waals surface area contributed by atoms with E-state index in [0.717, 1.165) is 11.0 Å². The quantitative estimate of drug-likeness (QED) is 0.276. The number of aromatic nitrogens is 4. The van der Waals surface area contributed by atoms with Crippen molar-refractivity contribution in [2.45, 2.75) is 19.9 Å². The van der Waals surface area contributed by atoms with Gasteiger partial charge in [0.1, 0.15) is 5.69 Å². The molecule has 0 radical (unpaired) electrons. The monoisotopic (exact) mass is 402 g/mol. The fraction of sp³-hybridized carbons (Fsp3) is 0.227. The maximum atomic E-state index is 13.0. The van der Waals surface area contributed by atoms with Gasteiger partial charge in [-0.2, -0.15) is 5.10 Å². The summed E-state index contributed by atoms with van der Waals surface area (Å²) < 4.78 is 6.98. The highest BCUT2D eigenvalue weighted by Gasteiger charge is 2.10. The van der Waals surface area contributed by atoms with E-state index in [-0.39, 0.29) is 5.56 Å². The van der Waals surface area contributed by atoms with Crippen LogP contribution in [-0.4, -0.2) is 38.9 Å². The van der Waals surface area contributed by atoms with Crippen LogP contribution < -0.4 is 11.0 Å². The van der Waals surface area contributed by atoms with Crippen LogP contribution in [0.4, 0.5) is 5.95 Å². The van der Waals surface area contributed by atoms with E-state index in [9.17, 15) is 4.79 Å². The highest BCUT2D eigenvalue weighted by Crippen LogP contribution is 2.12. The molecule has 2 heterocycles. The van der Waals surface area contributed by atoms with Gasteiger partial charge in [0.25, 0.3) is 5.56 Å². The molecular weight excluding hydrogens is 380 g/mol. The van der Waals surface area contributed by atoms with Crippen molar-refractivity contribution in [2.24, 2.45) is 5.10 Å². The number of anilines is 1. The third-order valence-corrected chi connectivity index (χ3v) is 4.56. The lowest BCUT2D eigenvalue weighted by Gasteiger charge is -2.12. The summed E-state index contributed by atoms with van der Waals surface area (Å²) in [6.07, 6.45) is 3.91. The van der Waals surface area contributed by atoms with Gasteiger partial charge >= 0.3 is 0 Å². The summed E-state index contributed by atoms with van der Waals surface area (Å²) in [5.74, 6) is 0.375. The van der Waals surface area contributed by atoms with Gasteiger partial charge in [0.05, 0.1) is 34.3 Å². The molecule has 2 aromatic carbocycles. The Morgan fingerprint density at radius 3 is 2.67 bits per heavy atom. The third-order valence-electron chi connectivity index (χ3n) is 4.56. The van der Waals surface area contributed by atoms with Crippen molar-refractivity contribution in [2.75, 3.05) is 18.6 Å². The van der Waals surface area contributed by atoms with E-state index in [0.29, 0.717) is 48.7 Å². The SMILES string of the molecule is CCOCCCn1c(N/N=C\c2cnc3ccccc3n2)nc2ccccc2c1=O. The summed E-state index contributed by atoms with van der Waals surface area (Å²) in [5, 5.41) is 4.81. The van der Waals surface area contributed by atoms with E-state index in [1.165, 1.54) is 0 Å². The van der Waals surface area contributed by atoms with Gasteiger partial charge in [-0.3, -0.25) is 14.3 Å². The van der Waals surface area contributed by atoms with E-state index >= 15 is 0 Å². The highest BCUT2D eigenvalue weighted by atomic mass is 16.5. The molecule has 0 saturated carbocycles. The van der Waals surface area contributed by atoms with Crippen molar-refractivity contribution in [3.63, 3.8) is 0 Å². The molecule has 0 amide bonds. The molecule has 0 aliphatic heterocycles. The third kappa shape index (κ3) is 4.33. The molecule has 0 aliphatic rings. The standard InChI is InChI=1S/C22H22N6O2/c1-2-30-13-7-12-28-21(29)17-8-3-4-9-18(17)26-22(28)27-24-15-16-14-23-19-10-5-6-11-20(19)25-16/h3-6,8-11,14-15H,2,7,12-13H2,1H3,(H,26,27)/b24-15-. The molecule has 0 bridgehead atoms. The molecule has 0 fully saturated rings. The number of benzene rings is 2. The first-order valence-electron chi connectivity index (χ1n) is 9.84. The summed E-state index contributed by atoms with van der Waals surface area (Å²) in [5.41, 5.74) is 5.62. The van der Waals surface area contributed by atoms with Gasteiger partial charge in [-0.15, -0.1) is 0 Å². The summed E-state index contributed by atoms with van der Waals surface area (Å²) in [4.78, 5) is 26.4. The Morgan fingerprint density at radius 2 is 1.83 bits per heavy atom. The van der Waals surface area contributed by atoms with Crippen LogP contribution >= 0.6 is 0 Å². The van der Waals surface area contributed by atoms with Crippen LogP contribution in [0.2, 0.25) is 0 Å². The minimum Gasteiger partial charge on any atom is -0.382 e. The van der Waals surface area contributed by atoms with Crippen molar-refractivity contribution in [1.29, 1.82) is 0 Å². The smallest absolute Gasteiger partial charge is 0.262 e. The number of hydrogen-bond acceptors (Lipinski definition) is 7. The van der Waals surface area contributed by atoms with Crippen LogP contribution in [0, 0.1) is 0 Å². The molecule has 8 nitrogen and oxygen atoms in total. The lowest BCUT2D eigenvalue weighted by molar-refractivity contribution is 0.141. The number of nitrogens with one attached hydrogen (secondary N) is 1. The van der Waals surface area contributed by atoms with E-state index in [1.54, 1.807) is 23.0 Å². The Morgan fingerprint density at radius 1 is 1.07 bits per heavy atom. The zero-order valence-electron chi connectivity index (χ0n) is 16.7. The molecule has 0 atom stereocenters. The van der Waals surface area contributed by atoms with Crippen LogP contribution in [0.3, 0.4) is 0 Å². The van der Waals surface area contributed by atoms with E-state index in [2.05, 4.69) is 25.5 Å². The minimum absolute atomic E-state index is 0.111. The van der Waals surface area contributed by atoms with Gasteiger partial charge in [-0.25, -0.2) is 15.4 Å². The molecule has 0 aliphatic carbocycles. The van der Waals surface area contributed by atoms with Crippen molar-refractivity contribution in [3.8, 4) is 0 Å². The van der Waals surface area contributed by atoms with Gasteiger partial charge in [0.2, 0.25) is 5.95 Å². The molecule has 4 aromatic rings. The first kappa shape index (κ1) is 19.7. The number of para-hydroxylation sites is 3. The lowest BCUT2D eigenvalue weighted by atomic mass is 10.2. The average molecular weight is 402 g/mol.